The molecule has 8 amide bonds. The van der Waals surface area contributed by atoms with Gasteiger partial charge in [-0.1, -0.05) is 48.0 Å². The van der Waals surface area contributed by atoms with E-state index in [-0.39, 0.29) is 108 Å². The summed E-state index contributed by atoms with van der Waals surface area (Å²) in [6.07, 6.45) is 1.77. The minimum Gasteiger partial charge on any atom is -0.481 e. The van der Waals surface area contributed by atoms with Gasteiger partial charge in [-0.05, 0) is 101 Å². The monoisotopic (exact) mass is 1150 g/mol. The Morgan fingerprint density at radius 2 is 1.00 bits per heavy atom. The van der Waals surface area contributed by atoms with Crippen LogP contribution in [0.4, 0.5) is 0 Å². The number of aliphatic imine (C=N–C) groups is 3. The number of carboxylic acids is 2. The highest BCUT2D eigenvalue weighted by atomic mass is 16.4. The third-order valence-corrected chi connectivity index (χ3v) is 13.2. The summed E-state index contributed by atoms with van der Waals surface area (Å²) in [7, 11) is 0. The van der Waals surface area contributed by atoms with Gasteiger partial charge in [0.25, 0.3) is 0 Å². The standard InChI is InChI=1S/C50H93N19O12/c1-7-28(6)38(47(80)81)68-42(75)32(17-12-22-61-50(57)58)64-43(76)33(25-36(70)71)65-45(78)37(27(4)5)67-44(77)35-18-13-23-69(35)46(79)34(24-26(2)3)66-41(74)30(15-8-9-19-51)63-40(73)31(16-11-21-60-49(55)56)62-39(72)29(52)14-10-20-59-48(53)54/h26-35,37-38H,7-25,51-52H2,1-6H3,(H,62,72)(H,63,73)(H,64,76)(H,65,78)(H,66,74)(H,67,77)(H,68,75)(H,70,71)(H,80,81)(H4,53,54,59)(H4,55,56,60)(H4,57,58,61)/t28-,29-,30-,31-,32-,33-,34-,35-,37-,38-/m0/s1. The van der Waals surface area contributed by atoms with Gasteiger partial charge < -0.3 is 98.2 Å². The van der Waals surface area contributed by atoms with Gasteiger partial charge >= 0.3 is 11.9 Å². The van der Waals surface area contributed by atoms with E-state index in [0.29, 0.717) is 32.1 Å². The van der Waals surface area contributed by atoms with Gasteiger partial charge in [-0.2, -0.15) is 0 Å². The van der Waals surface area contributed by atoms with Crippen LogP contribution in [0.2, 0.25) is 0 Å². The molecule has 1 saturated heterocycles. The molecule has 1 fully saturated rings. The SMILES string of the molecule is CC[C@H](C)[C@H](NC(=O)[C@H](CCCN=C(N)N)NC(=O)[C@H](CC(=O)O)NC(=O)[C@@H](NC(=O)[C@@H]1CCCN1C(=O)[C@H](CC(C)C)NC(=O)[C@H](CCCCN)NC(=O)[C@H](CCCN=C(N)N)NC(=O)[C@@H](N)CCCN=C(N)N)C(C)C)C(=O)O. The van der Waals surface area contributed by atoms with Crippen LogP contribution in [0, 0.1) is 17.8 Å². The topological polar surface area (TPSA) is 544 Å². The van der Waals surface area contributed by atoms with Crippen molar-refractivity contribution in [1.29, 1.82) is 0 Å². The predicted molar refractivity (Wildman–Crippen MR) is 302 cm³/mol. The largest absolute Gasteiger partial charge is 0.481 e. The predicted octanol–water partition coefficient (Wildman–Crippen LogP) is -4.70. The second kappa shape index (κ2) is 37.4. The number of nitrogens with zero attached hydrogens (tertiary/aromatic N) is 4. The van der Waals surface area contributed by atoms with E-state index in [1.807, 2.05) is 13.8 Å². The summed E-state index contributed by atoms with van der Waals surface area (Å²) in [5.41, 5.74) is 44.5. The summed E-state index contributed by atoms with van der Waals surface area (Å²) in [5.74, 6) is -11.2. The van der Waals surface area contributed by atoms with Crippen LogP contribution in [0.1, 0.15) is 131 Å². The molecule has 1 rings (SSSR count). The van der Waals surface area contributed by atoms with Gasteiger partial charge in [0.2, 0.25) is 47.3 Å². The Labute approximate surface area is 473 Å². The third kappa shape index (κ3) is 27.4. The fraction of sp³-hybridized carbons (Fsp3) is 0.740. The molecule has 1 heterocycles. The van der Waals surface area contributed by atoms with Gasteiger partial charge in [-0.25, -0.2) is 4.79 Å². The molecule has 0 bridgehead atoms. The maximum atomic E-state index is 14.6. The number of aliphatic carboxylic acids is 2. The van der Waals surface area contributed by atoms with E-state index >= 15 is 0 Å². The Bertz CT molecular complexity index is 2180. The Balaban J connectivity index is 3.46. The number of nitrogens with one attached hydrogen (secondary N) is 7. The van der Waals surface area contributed by atoms with Gasteiger partial charge in [0.05, 0.1) is 12.5 Å². The smallest absolute Gasteiger partial charge is 0.326 e. The van der Waals surface area contributed by atoms with Gasteiger partial charge in [-0.3, -0.25) is 58.1 Å². The lowest BCUT2D eigenvalue weighted by molar-refractivity contribution is -0.144. The van der Waals surface area contributed by atoms with Gasteiger partial charge in [-0.15, -0.1) is 0 Å². The Morgan fingerprint density at radius 1 is 0.556 bits per heavy atom. The van der Waals surface area contributed by atoms with Crippen LogP contribution >= 0.6 is 0 Å². The van der Waals surface area contributed by atoms with Crippen LogP contribution < -0.4 is 83.1 Å². The minimum atomic E-state index is -1.81. The molecule has 31 nitrogen and oxygen atoms in total. The van der Waals surface area contributed by atoms with E-state index in [4.69, 9.17) is 45.9 Å². The molecule has 0 radical (unpaired) electrons. The number of carboxylic acid groups (broad SMARTS) is 2. The Morgan fingerprint density at radius 3 is 1.44 bits per heavy atom. The van der Waals surface area contributed by atoms with Crippen molar-refractivity contribution in [1.82, 2.24) is 42.1 Å². The highest BCUT2D eigenvalue weighted by molar-refractivity contribution is 5.99. The first-order valence-electron chi connectivity index (χ1n) is 27.5. The van der Waals surface area contributed by atoms with Gasteiger partial charge in [0, 0.05) is 26.2 Å². The van der Waals surface area contributed by atoms with Crippen molar-refractivity contribution in [2.45, 2.75) is 186 Å². The number of rotatable bonds is 39. The first kappa shape index (κ1) is 71.4. The van der Waals surface area contributed by atoms with Gasteiger partial charge in [0.15, 0.2) is 17.9 Å². The summed E-state index contributed by atoms with van der Waals surface area (Å²) in [6, 6.07) is -11.8. The molecule has 1 aliphatic heterocycles. The van der Waals surface area contributed by atoms with Crippen LogP contribution in [-0.4, -0.2) is 179 Å². The number of unbranched alkanes of at least 4 members (excludes halogenated alkanes) is 1. The first-order valence-corrected chi connectivity index (χ1v) is 27.5. The number of hydrogen-bond donors (Lipinski definition) is 17. The molecular weight excluding hydrogens is 1060 g/mol. The molecule has 0 aromatic heterocycles. The number of hydrogen-bond acceptors (Lipinski definition) is 15. The number of guanidine groups is 3. The fourth-order valence-electron chi connectivity index (χ4n) is 8.62. The zero-order chi connectivity index (χ0) is 61.5. The van der Waals surface area contributed by atoms with Gasteiger partial charge in [0.1, 0.15) is 48.3 Å². The molecule has 0 saturated carbocycles. The number of carbonyl (C=O) groups is 10. The third-order valence-electron chi connectivity index (χ3n) is 13.2. The highest BCUT2D eigenvalue weighted by Crippen LogP contribution is 2.22. The molecule has 0 aromatic rings. The van der Waals surface area contributed by atoms with Crippen molar-refractivity contribution in [2.75, 3.05) is 32.7 Å². The molecule has 0 aliphatic carbocycles. The maximum Gasteiger partial charge on any atom is 0.326 e. The lowest BCUT2D eigenvalue weighted by Crippen LogP contribution is -2.61. The van der Waals surface area contributed by atoms with E-state index in [9.17, 15) is 58.2 Å². The van der Waals surface area contributed by atoms with Crippen LogP contribution in [0.25, 0.3) is 0 Å². The van der Waals surface area contributed by atoms with Crippen molar-refractivity contribution in [3.8, 4) is 0 Å². The number of carbonyl (C=O) groups excluding carboxylic acids is 8. The van der Waals surface area contributed by atoms with Crippen molar-refractivity contribution in [3.05, 3.63) is 0 Å². The molecular formula is C50H93N19O12. The summed E-state index contributed by atoms with van der Waals surface area (Å²) < 4.78 is 0. The summed E-state index contributed by atoms with van der Waals surface area (Å²) in [5, 5.41) is 37.7. The molecule has 460 valence electrons. The first-order chi connectivity index (χ1) is 38.0. The van der Waals surface area contributed by atoms with E-state index in [0.717, 1.165) is 0 Å². The Kier molecular flexibility index (Phi) is 33.0. The average molecular weight is 1150 g/mol. The highest BCUT2D eigenvalue weighted by Gasteiger charge is 2.41. The van der Waals surface area contributed by atoms with Crippen molar-refractivity contribution in [2.24, 2.45) is 78.6 Å². The molecule has 1 aliphatic rings. The zero-order valence-corrected chi connectivity index (χ0v) is 47.7. The molecule has 0 aromatic carbocycles. The van der Waals surface area contributed by atoms with E-state index in [1.165, 1.54) is 4.90 Å². The molecule has 0 unspecified atom stereocenters. The fourth-order valence-corrected chi connectivity index (χ4v) is 8.62. The normalized spacial score (nSPS) is 16.3. The molecule has 81 heavy (non-hydrogen) atoms. The molecule has 10 atom stereocenters. The number of nitrogens with two attached hydrogens (primary N) is 8. The van der Waals surface area contributed by atoms with Crippen LogP contribution in [-0.2, 0) is 47.9 Å². The van der Waals surface area contributed by atoms with Crippen molar-refractivity contribution in [3.63, 3.8) is 0 Å². The van der Waals surface area contributed by atoms with Crippen molar-refractivity contribution < 1.29 is 58.2 Å². The Hall–Kier alpha value is -7.57. The molecule has 31 heteroatoms. The number of likely N-dealkylation sites (tertiary alicyclic amines) is 1. The lowest BCUT2D eigenvalue weighted by atomic mass is 9.98. The van der Waals surface area contributed by atoms with Crippen LogP contribution in [0.5, 0.6) is 0 Å². The van der Waals surface area contributed by atoms with Crippen LogP contribution in [0.3, 0.4) is 0 Å². The zero-order valence-electron chi connectivity index (χ0n) is 47.7. The quantitative estimate of drug-likeness (QED) is 0.0156. The average Bonchev–Trinajstić information content (AvgIpc) is 3.89. The summed E-state index contributed by atoms with van der Waals surface area (Å²) in [6.45, 7) is 10.8. The van der Waals surface area contributed by atoms with E-state index < -0.39 is 132 Å². The second-order valence-corrected chi connectivity index (χ2v) is 20.9. The minimum absolute atomic E-state index is 0.0191. The summed E-state index contributed by atoms with van der Waals surface area (Å²) in [4.78, 5) is 149. The second-order valence-electron chi connectivity index (χ2n) is 20.9. The van der Waals surface area contributed by atoms with Crippen LogP contribution in [0.15, 0.2) is 15.0 Å². The lowest BCUT2D eigenvalue weighted by Gasteiger charge is -2.32. The molecule has 25 N–H and O–H groups in total. The summed E-state index contributed by atoms with van der Waals surface area (Å²) >= 11 is 0. The maximum absolute atomic E-state index is 14.6. The van der Waals surface area contributed by atoms with E-state index in [2.05, 4.69) is 52.2 Å². The van der Waals surface area contributed by atoms with Crippen molar-refractivity contribution >= 4 is 77.1 Å². The number of amides is 8. The molecule has 0 spiro atoms. The van der Waals surface area contributed by atoms with E-state index in [1.54, 1.807) is 27.7 Å².